The van der Waals surface area contributed by atoms with E-state index >= 15 is 0 Å². The van der Waals surface area contributed by atoms with E-state index in [1.165, 1.54) is 0 Å². The number of aromatic hydroxyl groups is 1. The second kappa shape index (κ2) is 7.17. The summed E-state index contributed by atoms with van der Waals surface area (Å²) in [5.41, 5.74) is 7.01. The van der Waals surface area contributed by atoms with Gasteiger partial charge in [-0.2, -0.15) is 0 Å². The van der Waals surface area contributed by atoms with Crippen LogP contribution >= 0.6 is 12.4 Å². The van der Waals surface area contributed by atoms with Crippen LogP contribution in [-0.2, 0) is 9.84 Å². The van der Waals surface area contributed by atoms with E-state index in [-0.39, 0.29) is 35.3 Å². The van der Waals surface area contributed by atoms with Crippen molar-refractivity contribution >= 4 is 33.0 Å². The first-order valence-electron chi connectivity index (χ1n) is 7.11. The highest BCUT2D eigenvalue weighted by Gasteiger charge is 2.18. The molecule has 0 fully saturated rings. The number of rotatable bonds is 4. The van der Waals surface area contributed by atoms with E-state index in [1.807, 2.05) is 6.07 Å². The smallest absolute Gasteiger partial charge is 0.180 e. The molecule has 1 heterocycles. The largest absolute Gasteiger partial charge is 0.508 e. The molecule has 0 aliphatic heterocycles. The molecule has 0 radical (unpaired) electrons. The molecule has 5 nitrogen and oxygen atoms in total. The fraction of sp³-hybridized carbons (Fsp3) is 0.118. The third-order valence-corrected chi connectivity index (χ3v) is 5.42. The molecule has 0 aliphatic carbocycles. The second-order valence-electron chi connectivity index (χ2n) is 5.23. The van der Waals surface area contributed by atoms with E-state index < -0.39 is 9.84 Å². The monoisotopic (exact) mass is 364 g/mol. The number of halogens is 1. The fourth-order valence-electron chi connectivity index (χ4n) is 2.52. The van der Waals surface area contributed by atoms with Crippen LogP contribution in [0, 0.1) is 0 Å². The Balaban J connectivity index is 0.00000208. The van der Waals surface area contributed by atoms with Crippen LogP contribution in [-0.4, -0.2) is 30.8 Å². The van der Waals surface area contributed by atoms with Crippen LogP contribution in [0.4, 0.5) is 0 Å². The van der Waals surface area contributed by atoms with Crippen LogP contribution in [0.3, 0.4) is 0 Å². The summed E-state index contributed by atoms with van der Waals surface area (Å²) in [6.45, 7) is 0.0678. The van der Waals surface area contributed by atoms with Gasteiger partial charge in [-0.1, -0.05) is 12.1 Å². The number of fused-ring (bicyclic) bond motifs is 1. The Kier molecular flexibility index (Phi) is 5.43. The number of benzene rings is 2. The van der Waals surface area contributed by atoms with Crippen LogP contribution in [0.5, 0.6) is 5.75 Å². The van der Waals surface area contributed by atoms with Gasteiger partial charge in [-0.3, -0.25) is 4.98 Å². The van der Waals surface area contributed by atoms with Crippen LogP contribution in [0.2, 0.25) is 0 Å². The molecule has 2 aromatic carbocycles. The highest BCUT2D eigenvalue weighted by Crippen LogP contribution is 2.31. The zero-order valence-electron chi connectivity index (χ0n) is 12.7. The molecular formula is C17H17ClN2O3S. The van der Waals surface area contributed by atoms with Gasteiger partial charge in [0, 0.05) is 29.7 Å². The van der Waals surface area contributed by atoms with Gasteiger partial charge in [-0.15, -0.1) is 12.4 Å². The first-order chi connectivity index (χ1) is 11.0. The molecule has 3 aromatic rings. The normalized spacial score (nSPS) is 11.2. The maximum atomic E-state index is 12.5. The molecule has 0 saturated carbocycles. The maximum absolute atomic E-state index is 12.5. The third kappa shape index (κ3) is 3.51. The van der Waals surface area contributed by atoms with E-state index in [0.717, 1.165) is 16.5 Å². The third-order valence-electron chi connectivity index (χ3n) is 3.64. The molecule has 1 aromatic heterocycles. The Morgan fingerprint density at radius 3 is 2.42 bits per heavy atom. The highest BCUT2D eigenvalue weighted by molar-refractivity contribution is 7.91. The first-order valence-corrected chi connectivity index (χ1v) is 8.76. The zero-order chi connectivity index (χ0) is 16.4. The minimum atomic E-state index is -3.48. The molecule has 0 spiro atoms. The van der Waals surface area contributed by atoms with Crippen molar-refractivity contribution in [3.8, 4) is 16.9 Å². The number of nitrogens with zero attached hydrogens (tertiary/aromatic N) is 1. The molecule has 0 amide bonds. The van der Waals surface area contributed by atoms with Crippen LogP contribution in [0.15, 0.2) is 59.8 Å². The lowest BCUT2D eigenvalue weighted by Gasteiger charge is -2.11. The number of pyridine rings is 1. The molecule has 3 N–H and O–H groups in total. The standard InChI is InChI=1S/C17H16N2O3S.ClH/c18-6-8-23(21,22)17-10-13(12-1-3-15(20)4-2-12)9-14-11-19-7-5-16(14)17;/h1-5,7,9-11,20H,6,8,18H2;1H. The summed E-state index contributed by atoms with van der Waals surface area (Å²) >= 11 is 0. The summed E-state index contributed by atoms with van der Waals surface area (Å²) in [5.74, 6) is 0.0517. The maximum Gasteiger partial charge on any atom is 0.180 e. The van der Waals surface area contributed by atoms with Gasteiger partial charge in [0.15, 0.2) is 9.84 Å². The average molecular weight is 365 g/mol. The minimum absolute atomic E-state index is 0. The van der Waals surface area contributed by atoms with E-state index in [9.17, 15) is 13.5 Å². The second-order valence-corrected chi connectivity index (χ2v) is 7.30. The van der Waals surface area contributed by atoms with Crippen molar-refractivity contribution < 1.29 is 13.5 Å². The Labute approximate surface area is 146 Å². The Bertz CT molecular complexity index is 957. The van der Waals surface area contributed by atoms with Crippen molar-refractivity contribution in [2.45, 2.75) is 4.90 Å². The Hall–Kier alpha value is -2.15. The van der Waals surface area contributed by atoms with Gasteiger partial charge in [0.1, 0.15) is 5.75 Å². The zero-order valence-corrected chi connectivity index (χ0v) is 14.3. The van der Waals surface area contributed by atoms with Gasteiger partial charge < -0.3 is 10.8 Å². The van der Waals surface area contributed by atoms with Crippen LogP contribution in [0.25, 0.3) is 21.9 Å². The molecule has 24 heavy (non-hydrogen) atoms. The summed E-state index contributed by atoms with van der Waals surface area (Å²) in [7, 11) is -3.48. The van der Waals surface area contributed by atoms with Crippen molar-refractivity contribution in [2.24, 2.45) is 5.73 Å². The highest BCUT2D eigenvalue weighted by atomic mass is 35.5. The van der Waals surface area contributed by atoms with Gasteiger partial charge in [0.05, 0.1) is 10.6 Å². The summed E-state index contributed by atoms with van der Waals surface area (Å²) < 4.78 is 25.1. The average Bonchev–Trinajstić information content (AvgIpc) is 2.54. The van der Waals surface area contributed by atoms with Gasteiger partial charge in [0.2, 0.25) is 0 Å². The van der Waals surface area contributed by atoms with Gasteiger partial charge >= 0.3 is 0 Å². The lowest BCUT2D eigenvalue weighted by molar-refractivity contribution is 0.475. The number of phenolic OH excluding ortho intramolecular Hbond substituents is 1. The lowest BCUT2D eigenvalue weighted by Crippen LogP contribution is -2.16. The predicted octanol–water partition coefficient (Wildman–Crippen LogP) is 2.76. The Morgan fingerprint density at radius 2 is 1.75 bits per heavy atom. The van der Waals surface area contributed by atoms with Crippen LogP contribution in [0.1, 0.15) is 0 Å². The molecule has 0 unspecified atom stereocenters. The molecular weight excluding hydrogens is 348 g/mol. The van der Waals surface area contributed by atoms with Crippen molar-refractivity contribution in [1.29, 1.82) is 0 Å². The molecule has 0 atom stereocenters. The predicted molar refractivity (Wildman–Crippen MR) is 97.2 cm³/mol. The minimum Gasteiger partial charge on any atom is -0.508 e. The number of phenols is 1. The summed E-state index contributed by atoms with van der Waals surface area (Å²) in [4.78, 5) is 4.33. The summed E-state index contributed by atoms with van der Waals surface area (Å²) in [5, 5.41) is 10.8. The SMILES string of the molecule is Cl.NCCS(=O)(=O)c1cc(-c2ccc(O)cc2)cc2cnccc12. The molecule has 0 aliphatic rings. The fourth-order valence-corrected chi connectivity index (χ4v) is 3.87. The van der Waals surface area contributed by atoms with E-state index in [0.29, 0.717) is 5.39 Å². The number of sulfone groups is 1. The number of hydrogen-bond acceptors (Lipinski definition) is 5. The molecule has 126 valence electrons. The number of hydrogen-bond donors (Lipinski definition) is 2. The Morgan fingerprint density at radius 1 is 1.04 bits per heavy atom. The summed E-state index contributed by atoms with van der Waals surface area (Å²) in [6.07, 6.45) is 3.21. The number of nitrogens with two attached hydrogens (primary N) is 1. The summed E-state index contributed by atoms with van der Waals surface area (Å²) in [6, 6.07) is 11.8. The van der Waals surface area contributed by atoms with Gasteiger partial charge in [-0.25, -0.2) is 8.42 Å². The lowest BCUT2D eigenvalue weighted by atomic mass is 10.0. The quantitative estimate of drug-likeness (QED) is 0.742. The molecule has 3 rings (SSSR count). The van der Waals surface area contributed by atoms with Gasteiger partial charge in [0.25, 0.3) is 0 Å². The first kappa shape index (κ1) is 18.2. The molecule has 0 saturated heterocycles. The van der Waals surface area contributed by atoms with Crippen molar-refractivity contribution in [3.63, 3.8) is 0 Å². The van der Waals surface area contributed by atoms with Crippen molar-refractivity contribution in [2.75, 3.05) is 12.3 Å². The van der Waals surface area contributed by atoms with Crippen molar-refractivity contribution in [3.05, 3.63) is 54.9 Å². The molecule has 7 heteroatoms. The van der Waals surface area contributed by atoms with Crippen LogP contribution < -0.4 is 5.73 Å². The van der Waals surface area contributed by atoms with E-state index in [4.69, 9.17) is 5.73 Å². The molecule has 0 bridgehead atoms. The van der Waals surface area contributed by atoms with Crippen molar-refractivity contribution in [1.82, 2.24) is 4.98 Å². The number of aromatic nitrogens is 1. The van der Waals surface area contributed by atoms with E-state index in [1.54, 1.807) is 48.8 Å². The topological polar surface area (TPSA) is 93.3 Å². The van der Waals surface area contributed by atoms with Gasteiger partial charge in [-0.05, 0) is 41.5 Å². The van der Waals surface area contributed by atoms with E-state index in [2.05, 4.69) is 4.98 Å².